The van der Waals surface area contributed by atoms with E-state index in [1.807, 2.05) is 50.2 Å². The van der Waals surface area contributed by atoms with Gasteiger partial charge in [-0.15, -0.1) is 0 Å². The van der Waals surface area contributed by atoms with Crippen LogP contribution in [0.25, 0.3) is 21.5 Å². The molecule has 3 aromatic rings. The molecule has 0 aromatic heterocycles. The molecule has 6 nitrogen and oxygen atoms in total. The number of aryl methyl sites for hydroxylation is 2. The van der Waals surface area contributed by atoms with E-state index >= 15 is 0 Å². The zero-order valence-electron chi connectivity index (χ0n) is 21.1. The van der Waals surface area contributed by atoms with Crippen LogP contribution in [0.5, 0.6) is 11.5 Å². The summed E-state index contributed by atoms with van der Waals surface area (Å²) in [7, 11) is 0. The summed E-state index contributed by atoms with van der Waals surface area (Å²) in [5.74, 6) is 0.756. The van der Waals surface area contributed by atoms with Crippen LogP contribution in [0, 0.1) is 13.8 Å². The number of hydrogen-bond donors (Lipinski definition) is 0. The number of benzene rings is 3. The van der Waals surface area contributed by atoms with Crippen molar-refractivity contribution in [3.8, 4) is 11.5 Å². The minimum absolute atomic E-state index is 0.275. The largest absolute Gasteiger partial charge is 0.514 e. The summed E-state index contributed by atoms with van der Waals surface area (Å²) in [5.41, 5.74) is 1.95. The molecule has 0 aliphatic heterocycles. The lowest BCUT2D eigenvalue weighted by atomic mass is 9.98. The number of hydrogen-bond acceptors (Lipinski definition) is 6. The molecule has 2 atom stereocenters. The predicted octanol–water partition coefficient (Wildman–Crippen LogP) is 9.54. The van der Waals surface area contributed by atoms with Gasteiger partial charge in [0.15, 0.2) is 8.22 Å². The zero-order valence-corrected chi connectivity index (χ0v) is 25.4. The Hall–Kier alpha value is -1.82. The van der Waals surface area contributed by atoms with E-state index < -0.39 is 12.3 Å². The first-order valence-corrected chi connectivity index (χ1v) is 14.7. The van der Waals surface area contributed by atoms with Gasteiger partial charge in [0.05, 0.1) is 0 Å². The van der Waals surface area contributed by atoms with Gasteiger partial charge in [-0.3, -0.25) is 0 Å². The molecule has 0 bridgehead atoms. The number of unbranched alkanes of at least 4 members (excludes halogenated alkanes) is 2. The first-order valence-electron chi connectivity index (χ1n) is 12.2. The Balaban J connectivity index is 2.05. The summed E-state index contributed by atoms with van der Waals surface area (Å²) in [4.78, 5) is 25.5. The van der Waals surface area contributed by atoms with Crippen LogP contribution in [0.15, 0.2) is 36.4 Å². The molecular weight excluding hydrogens is 686 g/mol. The van der Waals surface area contributed by atoms with E-state index in [9.17, 15) is 9.59 Å². The second-order valence-electron chi connectivity index (χ2n) is 8.80. The maximum Gasteiger partial charge on any atom is 0.514 e. The van der Waals surface area contributed by atoms with Crippen molar-refractivity contribution < 1.29 is 28.5 Å². The summed E-state index contributed by atoms with van der Waals surface area (Å²) in [5, 5.41) is 2.60. The van der Waals surface area contributed by atoms with E-state index in [0.717, 1.165) is 49.7 Å². The number of rotatable bonds is 10. The summed E-state index contributed by atoms with van der Waals surface area (Å²) < 4.78 is 22.1. The third-order valence-electron chi connectivity index (χ3n) is 5.72. The van der Waals surface area contributed by atoms with Crippen LogP contribution in [0.2, 0.25) is 0 Å². The molecule has 0 heterocycles. The number of halogens is 2. The molecule has 36 heavy (non-hydrogen) atoms. The lowest BCUT2D eigenvalue weighted by Gasteiger charge is -2.18. The highest BCUT2D eigenvalue weighted by Gasteiger charge is 2.23. The fraction of sp³-hybridized carbons (Fsp3) is 0.429. The summed E-state index contributed by atoms with van der Waals surface area (Å²) >= 11 is 4.22. The summed E-state index contributed by atoms with van der Waals surface area (Å²) in [6, 6.07) is 11.4. The molecule has 0 amide bonds. The van der Waals surface area contributed by atoms with Crippen molar-refractivity contribution in [3.05, 3.63) is 47.5 Å². The smallest absolute Gasteiger partial charge is 0.420 e. The number of fused-ring (bicyclic) bond motifs is 2. The van der Waals surface area contributed by atoms with Gasteiger partial charge in [0.1, 0.15) is 11.5 Å². The Bertz CT molecular complexity index is 1130. The molecule has 0 fully saturated rings. The topological polar surface area (TPSA) is 71.1 Å². The van der Waals surface area contributed by atoms with Crippen LogP contribution in [0.4, 0.5) is 9.59 Å². The normalized spacial score (nSPS) is 12.8. The van der Waals surface area contributed by atoms with Crippen LogP contribution in [0.1, 0.15) is 63.5 Å². The van der Waals surface area contributed by atoms with E-state index in [-0.39, 0.29) is 8.22 Å². The number of alkyl halides is 2. The first-order chi connectivity index (χ1) is 17.2. The minimum atomic E-state index is -0.757. The molecule has 0 aliphatic carbocycles. The summed E-state index contributed by atoms with van der Waals surface area (Å²) in [6.07, 6.45) is 3.97. The van der Waals surface area contributed by atoms with Gasteiger partial charge >= 0.3 is 12.3 Å². The molecule has 8 heteroatoms. The van der Waals surface area contributed by atoms with Gasteiger partial charge in [0.25, 0.3) is 0 Å². The fourth-order valence-electron chi connectivity index (χ4n) is 3.87. The Morgan fingerprint density at radius 1 is 0.694 bits per heavy atom. The SMILES string of the molecule is CCCCC(I)OC(=O)Oc1c2ccc(C)cc2c(OC(=O)OC(I)CCCC)c2ccc(C)cc12. The second kappa shape index (κ2) is 13.6. The first kappa shape index (κ1) is 28.7. The van der Waals surface area contributed by atoms with E-state index in [2.05, 4.69) is 59.0 Å². The highest BCUT2D eigenvalue weighted by Crippen LogP contribution is 2.44. The van der Waals surface area contributed by atoms with Crippen LogP contribution in [-0.2, 0) is 9.47 Å². The summed E-state index contributed by atoms with van der Waals surface area (Å²) in [6.45, 7) is 8.09. The molecular formula is C28H32I2O6. The van der Waals surface area contributed by atoms with Gasteiger partial charge in [-0.05, 0) is 96.8 Å². The van der Waals surface area contributed by atoms with Crippen LogP contribution >= 0.6 is 45.2 Å². The Labute approximate surface area is 239 Å². The molecule has 2 unspecified atom stereocenters. The van der Waals surface area contributed by atoms with Gasteiger partial charge < -0.3 is 18.9 Å². The Morgan fingerprint density at radius 2 is 1.08 bits per heavy atom. The van der Waals surface area contributed by atoms with E-state index in [1.165, 1.54) is 0 Å². The zero-order chi connectivity index (χ0) is 26.2. The fourth-order valence-corrected chi connectivity index (χ4v) is 5.16. The van der Waals surface area contributed by atoms with Crippen molar-refractivity contribution in [1.29, 1.82) is 0 Å². The molecule has 0 saturated heterocycles. The number of carbonyl (C=O) groups is 2. The van der Waals surface area contributed by atoms with Crippen LogP contribution in [-0.4, -0.2) is 20.5 Å². The Morgan fingerprint density at radius 3 is 1.44 bits per heavy atom. The van der Waals surface area contributed by atoms with Gasteiger partial charge in [0.2, 0.25) is 0 Å². The third kappa shape index (κ3) is 7.60. The van der Waals surface area contributed by atoms with Crippen molar-refractivity contribution in [2.45, 2.75) is 74.4 Å². The molecule has 0 saturated carbocycles. The van der Waals surface area contributed by atoms with Crippen molar-refractivity contribution >= 4 is 79.0 Å². The van der Waals surface area contributed by atoms with Gasteiger partial charge in [-0.2, -0.15) is 0 Å². The van der Waals surface area contributed by atoms with Gasteiger partial charge in [-0.25, -0.2) is 9.59 Å². The molecule has 0 aliphatic rings. The minimum Gasteiger partial charge on any atom is -0.420 e. The van der Waals surface area contributed by atoms with Gasteiger partial charge in [0, 0.05) is 21.5 Å². The van der Waals surface area contributed by atoms with Crippen molar-refractivity contribution in [1.82, 2.24) is 0 Å². The molecule has 3 aromatic carbocycles. The standard InChI is InChI=1S/C28H32I2O6/c1-5-7-9-23(29)33-27(31)35-25-19-13-11-18(4)16-22(19)26(20-14-12-17(3)15-21(20)25)36-28(32)34-24(30)10-8-6-2/h11-16,23-24H,5-10H2,1-4H3. The van der Waals surface area contributed by atoms with Crippen molar-refractivity contribution in [2.75, 3.05) is 0 Å². The second-order valence-corrected chi connectivity index (χ2v) is 11.6. The quantitative estimate of drug-likeness (QED) is 0.0684. The average molecular weight is 718 g/mol. The maximum absolute atomic E-state index is 12.7. The molecule has 194 valence electrons. The van der Waals surface area contributed by atoms with Crippen LogP contribution in [0.3, 0.4) is 0 Å². The lowest BCUT2D eigenvalue weighted by molar-refractivity contribution is 0.0906. The monoisotopic (exact) mass is 718 g/mol. The number of ether oxygens (including phenoxy) is 4. The highest BCUT2D eigenvalue weighted by molar-refractivity contribution is 14.1. The lowest BCUT2D eigenvalue weighted by Crippen LogP contribution is -2.17. The third-order valence-corrected chi connectivity index (χ3v) is 7.47. The molecule has 0 spiro atoms. The molecule has 0 radical (unpaired) electrons. The molecule has 0 N–H and O–H groups in total. The van der Waals surface area contributed by atoms with Crippen molar-refractivity contribution in [3.63, 3.8) is 0 Å². The van der Waals surface area contributed by atoms with Gasteiger partial charge in [-0.1, -0.05) is 62.1 Å². The van der Waals surface area contributed by atoms with E-state index in [4.69, 9.17) is 18.9 Å². The highest BCUT2D eigenvalue weighted by atomic mass is 127. The predicted molar refractivity (Wildman–Crippen MR) is 160 cm³/mol. The number of carbonyl (C=O) groups excluding carboxylic acids is 2. The van der Waals surface area contributed by atoms with E-state index in [1.54, 1.807) is 0 Å². The molecule has 3 rings (SSSR count). The van der Waals surface area contributed by atoms with Crippen molar-refractivity contribution in [2.24, 2.45) is 0 Å². The van der Waals surface area contributed by atoms with Crippen LogP contribution < -0.4 is 9.47 Å². The average Bonchev–Trinajstić information content (AvgIpc) is 2.83. The van der Waals surface area contributed by atoms with E-state index in [0.29, 0.717) is 33.0 Å². The Kier molecular flexibility index (Phi) is 10.9. The maximum atomic E-state index is 12.7.